The normalized spacial score (nSPS) is 25.3. The van der Waals surface area contributed by atoms with Crippen LogP contribution in [0.2, 0.25) is 5.02 Å². The molecule has 1 saturated heterocycles. The van der Waals surface area contributed by atoms with Gasteiger partial charge in [0, 0.05) is 5.02 Å². The highest BCUT2D eigenvalue weighted by Gasteiger charge is 2.24. The van der Waals surface area contributed by atoms with Crippen molar-refractivity contribution in [3.8, 4) is 0 Å². The largest absolute Gasteiger partial charge is 0.375 e. The molecule has 1 fully saturated rings. The molecule has 0 aliphatic carbocycles. The summed E-state index contributed by atoms with van der Waals surface area (Å²) in [5.74, 6) is 0.485. The Labute approximate surface area is 114 Å². The molecule has 0 amide bonds. The monoisotopic (exact) mass is 267 g/mol. The van der Waals surface area contributed by atoms with Crippen LogP contribution in [0.4, 0.5) is 0 Å². The van der Waals surface area contributed by atoms with Crippen molar-refractivity contribution in [2.75, 3.05) is 6.54 Å². The highest BCUT2D eigenvalue weighted by Crippen LogP contribution is 2.26. The van der Waals surface area contributed by atoms with Gasteiger partial charge >= 0.3 is 0 Å². The van der Waals surface area contributed by atoms with E-state index >= 15 is 0 Å². The Morgan fingerprint density at radius 3 is 2.89 bits per heavy atom. The van der Waals surface area contributed by atoms with E-state index in [9.17, 15) is 0 Å². The SMILES string of the molecule is CC1CCC(CC(CN)Cc2cccc(Cl)c2)O1. The molecular formula is C15H22ClNO. The van der Waals surface area contributed by atoms with Crippen LogP contribution in [-0.4, -0.2) is 18.8 Å². The summed E-state index contributed by atoms with van der Waals surface area (Å²) < 4.78 is 5.87. The second-order valence-electron chi connectivity index (χ2n) is 5.32. The van der Waals surface area contributed by atoms with Crippen molar-refractivity contribution in [2.24, 2.45) is 11.7 Å². The minimum atomic E-state index is 0.396. The molecule has 1 aromatic carbocycles. The zero-order valence-electron chi connectivity index (χ0n) is 10.9. The summed E-state index contributed by atoms with van der Waals surface area (Å²) >= 11 is 6.00. The van der Waals surface area contributed by atoms with Crippen molar-refractivity contribution in [3.63, 3.8) is 0 Å². The molecule has 3 heteroatoms. The van der Waals surface area contributed by atoms with Gasteiger partial charge in [0.25, 0.3) is 0 Å². The number of ether oxygens (including phenoxy) is 1. The van der Waals surface area contributed by atoms with E-state index in [0.29, 0.717) is 24.7 Å². The molecule has 0 saturated carbocycles. The molecule has 18 heavy (non-hydrogen) atoms. The first-order valence-electron chi connectivity index (χ1n) is 6.77. The number of hydrogen-bond donors (Lipinski definition) is 1. The van der Waals surface area contributed by atoms with E-state index in [1.807, 2.05) is 18.2 Å². The molecule has 1 aliphatic rings. The predicted octanol–water partition coefficient (Wildman–Crippen LogP) is 3.42. The zero-order valence-corrected chi connectivity index (χ0v) is 11.7. The fraction of sp³-hybridized carbons (Fsp3) is 0.600. The lowest BCUT2D eigenvalue weighted by molar-refractivity contribution is 0.0415. The standard InChI is InChI=1S/C15H22ClNO/c1-11-5-6-15(18-11)9-13(10-17)7-12-3-2-4-14(16)8-12/h2-4,8,11,13,15H,5-7,9-10,17H2,1H3. The second-order valence-corrected chi connectivity index (χ2v) is 5.75. The molecular weight excluding hydrogens is 246 g/mol. The maximum absolute atomic E-state index is 6.00. The molecule has 0 aromatic heterocycles. The third kappa shape index (κ3) is 3.98. The smallest absolute Gasteiger partial charge is 0.0583 e. The highest BCUT2D eigenvalue weighted by atomic mass is 35.5. The van der Waals surface area contributed by atoms with Crippen molar-refractivity contribution >= 4 is 11.6 Å². The molecule has 1 aliphatic heterocycles. The molecule has 0 bridgehead atoms. The second kappa shape index (κ2) is 6.55. The Morgan fingerprint density at radius 1 is 1.44 bits per heavy atom. The topological polar surface area (TPSA) is 35.2 Å². The van der Waals surface area contributed by atoms with Gasteiger partial charge in [-0.15, -0.1) is 0 Å². The number of benzene rings is 1. The molecule has 2 nitrogen and oxygen atoms in total. The fourth-order valence-electron chi connectivity index (χ4n) is 2.69. The molecule has 0 spiro atoms. The third-order valence-electron chi connectivity index (χ3n) is 3.66. The summed E-state index contributed by atoms with van der Waals surface area (Å²) in [4.78, 5) is 0. The molecule has 1 aromatic rings. The molecule has 0 radical (unpaired) electrons. The summed E-state index contributed by atoms with van der Waals surface area (Å²) in [5.41, 5.74) is 7.15. The summed E-state index contributed by atoms with van der Waals surface area (Å²) in [7, 11) is 0. The molecule has 3 atom stereocenters. The average molecular weight is 268 g/mol. The van der Waals surface area contributed by atoms with Gasteiger partial charge < -0.3 is 10.5 Å². The zero-order chi connectivity index (χ0) is 13.0. The summed E-state index contributed by atoms with van der Waals surface area (Å²) in [6.45, 7) is 2.86. The van der Waals surface area contributed by atoms with E-state index in [1.165, 1.54) is 18.4 Å². The summed E-state index contributed by atoms with van der Waals surface area (Å²) in [5, 5.41) is 0.800. The van der Waals surface area contributed by atoms with Crippen LogP contribution in [0.5, 0.6) is 0 Å². The average Bonchev–Trinajstić information content (AvgIpc) is 2.74. The Morgan fingerprint density at radius 2 is 2.28 bits per heavy atom. The first-order valence-corrected chi connectivity index (χ1v) is 7.15. The molecule has 2 N–H and O–H groups in total. The maximum atomic E-state index is 6.00. The van der Waals surface area contributed by atoms with Gasteiger partial charge in [-0.1, -0.05) is 23.7 Å². The van der Waals surface area contributed by atoms with Crippen LogP contribution in [0.1, 0.15) is 31.7 Å². The van der Waals surface area contributed by atoms with Gasteiger partial charge in [0.1, 0.15) is 0 Å². The number of halogens is 1. The first kappa shape index (κ1) is 13.9. The summed E-state index contributed by atoms with van der Waals surface area (Å²) in [6, 6.07) is 8.05. The quantitative estimate of drug-likeness (QED) is 0.887. The van der Waals surface area contributed by atoms with Gasteiger partial charge in [-0.2, -0.15) is 0 Å². The van der Waals surface area contributed by atoms with Gasteiger partial charge in [0.2, 0.25) is 0 Å². The van der Waals surface area contributed by atoms with E-state index in [1.54, 1.807) is 0 Å². The van der Waals surface area contributed by atoms with E-state index in [2.05, 4.69) is 13.0 Å². The Bertz CT molecular complexity index is 383. The lowest BCUT2D eigenvalue weighted by Crippen LogP contribution is -2.23. The number of rotatable bonds is 5. The van der Waals surface area contributed by atoms with Gasteiger partial charge in [-0.3, -0.25) is 0 Å². The van der Waals surface area contributed by atoms with Gasteiger partial charge in [0.05, 0.1) is 12.2 Å². The van der Waals surface area contributed by atoms with Crippen molar-refractivity contribution in [1.82, 2.24) is 0 Å². The lowest BCUT2D eigenvalue weighted by atomic mass is 9.93. The summed E-state index contributed by atoms with van der Waals surface area (Å²) in [6.07, 6.45) is 5.22. The third-order valence-corrected chi connectivity index (χ3v) is 3.90. The van der Waals surface area contributed by atoms with Crippen LogP contribution in [0.25, 0.3) is 0 Å². The van der Waals surface area contributed by atoms with Crippen molar-refractivity contribution in [3.05, 3.63) is 34.9 Å². The van der Waals surface area contributed by atoms with Crippen molar-refractivity contribution in [1.29, 1.82) is 0 Å². The predicted molar refractivity (Wildman–Crippen MR) is 75.9 cm³/mol. The maximum Gasteiger partial charge on any atom is 0.0583 e. The lowest BCUT2D eigenvalue weighted by Gasteiger charge is -2.19. The molecule has 1 heterocycles. The minimum Gasteiger partial charge on any atom is -0.375 e. The van der Waals surface area contributed by atoms with Crippen LogP contribution in [0.15, 0.2) is 24.3 Å². The van der Waals surface area contributed by atoms with Gasteiger partial charge in [-0.25, -0.2) is 0 Å². The van der Waals surface area contributed by atoms with Crippen LogP contribution in [0.3, 0.4) is 0 Å². The first-order chi connectivity index (χ1) is 8.67. The van der Waals surface area contributed by atoms with Gasteiger partial charge in [0.15, 0.2) is 0 Å². The van der Waals surface area contributed by atoms with Crippen LogP contribution < -0.4 is 5.73 Å². The Hall–Kier alpha value is -0.570. The number of nitrogens with two attached hydrogens (primary N) is 1. The van der Waals surface area contributed by atoms with Crippen molar-refractivity contribution in [2.45, 2.75) is 44.8 Å². The Balaban J connectivity index is 1.89. The molecule has 2 rings (SSSR count). The minimum absolute atomic E-state index is 0.396. The van der Waals surface area contributed by atoms with E-state index in [-0.39, 0.29) is 0 Å². The van der Waals surface area contributed by atoms with E-state index < -0.39 is 0 Å². The van der Waals surface area contributed by atoms with Crippen LogP contribution in [0, 0.1) is 5.92 Å². The fourth-order valence-corrected chi connectivity index (χ4v) is 2.90. The van der Waals surface area contributed by atoms with E-state index in [4.69, 9.17) is 22.1 Å². The van der Waals surface area contributed by atoms with Gasteiger partial charge in [-0.05, 0) is 62.8 Å². The van der Waals surface area contributed by atoms with Crippen LogP contribution >= 0.6 is 11.6 Å². The number of hydrogen-bond acceptors (Lipinski definition) is 2. The van der Waals surface area contributed by atoms with E-state index in [0.717, 1.165) is 17.9 Å². The Kier molecular flexibility index (Phi) is 5.04. The van der Waals surface area contributed by atoms with Crippen molar-refractivity contribution < 1.29 is 4.74 Å². The molecule has 100 valence electrons. The molecule has 3 unspecified atom stereocenters. The van der Waals surface area contributed by atoms with Crippen LogP contribution in [-0.2, 0) is 11.2 Å². The highest BCUT2D eigenvalue weighted by molar-refractivity contribution is 6.30.